The van der Waals surface area contributed by atoms with Gasteiger partial charge in [-0.3, -0.25) is 15.2 Å². The first-order valence-corrected chi connectivity index (χ1v) is 7.09. The zero-order chi connectivity index (χ0) is 15.0. The molecule has 0 bridgehead atoms. The van der Waals surface area contributed by atoms with Gasteiger partial charge in [0.2, 0.25) is 0 Å². The van der Waals surface area contributed by atoms with Gasteiger partial charge in [0.15, 0.2) is 5.82 Å². The van der Waals surface area contributed by atoms with E-state index in [0.717, 1.165) is 27.3 Å². The van der Waals surface area contributed by atoms with Crippen LogP contribution in [0.5, 0.6) is 0 Å². The summed E-state index contributed by atoms with van der Waals surface area (Å²) >= 11 is 1.57. The highest BCUT2D eigenvalue weighted by atomic mass is 32.1. The lowest BCUT2D eigenvalue weighted by molar-refractivity contribution is -0.384. The van der Waals surface area contributed by atoms with Gasteiger partial charge in [-0.25, -0.2) is 0 Å². The third kappa shape index (κ3) is 2.27. The van der Waals surface area contributed by atoms with Crippen molar-refractivity contribution in [2.45, 2.75) is 6.92 Å². The van der Waals surface area contributed by atoms with Gasteiger partial charge in [-0.2, -0.15) is 5.10 Å². The molecule has 0 unspecified atom stereocenters. The van der Waals surface area contributed by atoms with E-state index < -0.39 is 4.92 Å². The van der Waals surface area contributed by atoms with Gasteiger partial charge in [-0.1, -0.05) is 6.07 Å². The Balaban J connectivity index is 2.16. The maximum atomic E-state index is 10.8. The fourth-order valence-electron chi connectivity index (χ4n) is 2.26. The average Bonchev–Trinajstić information content (AvgIpc) is 3.07. The number of nitrogens with two attached hydrogens (primary N) is 1. The summed E-state index contributed by atoms with van der Waals surface area (Å²) in [6, 6.07) is 8.66. The van der Waals surface area contributed by atoms with Crippen molar-refractivity contribution < 1.29 is 4.92 Å². The van der Waals surface area contributed by atoms with Crippen LogP contribution in [0, 0.1) is 17.0 Å². The number of thiophene rings is 1. The van der Waals surface area contributed by atoms with Crippen LogP contribution in [0.15, 0.2) is 35.7 Å². The van der Waals surface area contributed by atoms with Gasteiger partial charge >= 0.3 is 0 Å². The third-order valence-corrected chi connectivity index (χ3v) is 4.14. The lowest BCUT2D eigenvalue weighted by Gasteiger charge is -2.06. The fourth-order valence-corrected chi connectivity index (χ4v) is 3.05. The molecule has 0 aliphatic heterocycles. The van der Waals surface area contributed by atoms with Gasteiger partial charge in [0, 0.05) is 22.6 Å². The maximum absolute atomic E-state index is 10.8. The molecule has 3 N–H and O–H groups in total. The Kier molecular flexibility index (Phi) is 3.19. The molecule has 0 aliphatic rings. The second-order valence-corrected chi connectivity index (χ2v) is 5.54. The van der Waals surface area contributed by atoms with Crippen LogP contribution in [0.25, 0.3) is 21.7 Å². The molecule has 7 heteroatoms. The monoisotopic (exact) mass is 300 g/mol. The molecule has 0 amide bonds. The molecule has 0 atom stereocenters. The second kappa shape index (κ2) is 5.02. The largest absolute Gasteiger partial charge is 0.382 e. The van der Waals surface area contributed by atoms with Crippen molar-refractivity contribution >= 4 is 22.8 Å². The predicted octanol–water partition coefficient (Wildman–Crippen LogP) is 3.60. The molecule has 0 saturated heterocycles. The van der Waals surface area contributed by atoms with E-state index in [1.165, 1.54) is 6.07 Å². The van der Waals surface area contributed by atoms with Crippen LogP contribution in [0.1, 0.15) is 5.56 Å². The van der Waals surface area contributed by atoms with Crippen molar-refractivity contribution in [3.05, 3.63) is 51.4 Å². The normalized spacial score (nSPS) is 10.7. The Morgan fingerprint density at radius 2 is 2.19 bits per heavy atom. The Morgan fingerprint density at radius 3 is 2.81 bits per heavy atom. The molecular weight excluding hydrogens is 288 g/mol. The SMILES string of the molecule is Cc1cc([N+](=O)[O-])ccc1-c1[nH]nc(N)c1-c1cccs1. The number of benzene rings is 1. The number of anilines is 1. The maximum Gasteiger partial charge on any atom is 0.269 e. The number of hydrogen-bond donors (Lipinski definition) is 2. The number of nitro groups is 1. The topological polar surface area (TPSA) is 97.8 Å². The number of aromatic nitrogens is 2. The van der Waals surface area contributed by atoms with Gasteiger partial charge in [-0.15, -0.1) is 11.3 Å². The van der Waals surface area contributed by atoms with Gasteiger partial charge in [0.1, 0.15) is 0 Å². The molecule has 1 aromatic carbocycles. The lowest BCUT2D eigenvalue weighted by Crippen LogP contribution is -1.92. The molecule has 106 valence electrons. The molecule has 2 aromatic heterocycles. The molecule has 21 heavy (non-hydrogen) atoms. The molecule has 0 fully saturated rings. The van der Waals surface area contributed by atoms with Crippen LogP contribution >= 0.6 is 11.3 Å². The van der Waals surface area contributed by atoms with E-state index in [1.807, 2.05) is 24.4 Å². The summed E-state index contributed by atoms with van der Waals surface area (Å²) in [4.78, 5) is 11.4. The number of rotatable bonds is 3. The molecule has 3 rings (SSSR count). The summed E-state index contributed by atoms with van der Waals surface area (Å²) in [5.41, 5.74) is 9.29. The van der Waals surface area contributed by atoms with E-state index in [1.54, 1.807) is 23.5 Å². The van der Waals surface area contributed by atoms with Crippen LogP contribution in [0.3, 0.4) is 0 Å². The van der Waals surface area contributed by atoms with Crippen molar-refractivity contribution in [2.75, 3.05) is 5.73 Å². The van der Waals surface area contributed by atoms with Gasteiger partial charge < -0.3 is 5.73 Å². The molecule has 0 spiro atoms. The first-order chi connectivity index (χ1) is 10.1. The molecular formula is C14H12N4O2S. The highest BCUT2D eigenvalue weighted by Gasteiger charge is 2.18. The number of nitrogens with one attached hydrogen (secondary N) is 1. The first-order valence-electron chi connectivity index (χ1n) is 6.21. The highest BCUT2D eigenvalue weighted by Crippen LogP contribution is 2.38. The predicted molar refractivity (Wildman–Crippen MR) is 83.1 cm³/mol. The van der Waals surface area contributed by atoms with Crippen molar-refractivity contribution in [3.63, 3.8) is 0 Å². The van der Waals surface area contributed by atoms with E-state index in [4.69, 9.17) is 5.73 Å². The minimum absolute atomic E-state index is 0.0708. The molecule has 0 aliphatic carbocycles. The molecule has 0 saturated carbocycles. The Hall–Kier alpha value is -2.67. The summed E-state index contributed by atoms with van der Waals surface area (Å²) in [5, 5.41) is 19.8. The summed E-state index contributed by atoms with van der Waals surface area (Å²) in [6.07, 6.45) is 0. The van der Waals surface area contributed by atoms with E-state index in [0.29, 0.717) is 5.82 Å². The van der Waals surface area contributed by atoms with Gasteiger partial charge in [-0.05, 0) is 30.0 Å². The Morgan fingerprint density at radius 1 is 1.38 bits per heavy atom. The number of H-pyrrole nitrogens is 1. The molecule has 2 heterocycles. The van der Waals surface area contributed by atoms with Crippen LogP contribution in [0.2, 0.25) is 0 Å². The molecule has 0 radical (unpaired) electrons. The zero-order valence-electron chi connectivity index (χ0n) is 11.2. The number of aryl methyl sites for hydroxylation is 1. The zero-order valence-corrected chi connectivity index (χ0v) is 12.0. The van der Waals surface area contributed by atoms with Crippen molar-refractivity contribution in [1.82, 2.24) is 10.2 Å². The van der Waals surface area contributed by atoms with Crippen LogP contribution in [-0.2, 0) is 0 Å². The fraction of sp³-hybridized carbons (Fsp3) is 0.0714. The smallest absolute Gasteiger partial charge is 0.269 e. The average molecular weight is 300 g/mol. The van der Waals surface area contributed by atoms with Crippen molar-refractivity contribution in [3.8, 4) is 21.7 Å². The quantitative estimate of drug-likeness (QED) is 0.570. The summed E-state index contributed by atoms with van der Waals surface area (Å²) in [5.74, 6) is 0.421. The summed E-state index contributed by atoms with van der Waals surface area (Å²) in [7, 11) is 0. The van der Waals surface area contributed by atoms with Crippen LogP contribution in [-0.4, -0.2) is 15.1 Å². The third-order valence-electron chi connectivity index (χ3n) is 3.25. The summed E-state index contributed by atoms with van der Waals surface area (Å²) < 4.78 is 0. The number of hydrogen-bond acceptors (Lipinski definition) is 5. The Bertz CT molecular complexity index is 809. The van der Waals surface area contributed by atoms with Crippen LogP contribution in [0.4, 0.5) is 11.5 Å². The van der Waals surface area contributed by atoms with Crippen molar-refractivity contribution in [1.29, 1.82) is 0 Å². The highest BCUT2D eigenvalue weighted by molar-refractivity contribution is 7.13. The first kappa shape index (κ1) is 13.3. The van der Waals surface area contributed by atoms with Crippen LogP contribution < -0.4 is 5.73 Å². The summed E-state index contributed by atoms with van der Waals surface area (Å²) in [6.45, 7) is 1.83. The lowest BCUT2D eigenvalue weighted by atomic mass is 10.0. The minimum Gasteiger partial charge on any atom is -0.382 e. The number of nitrogen functional groups attached to an aromatic ring is 1. The van der Waals surface area contributed by atoms with E-state index in [9.17, 15) is 10.1 Å². The number of non-ortho nitro benzene ring substituents is 1. The number of aromatic amines is 1. The van der Waals surface area contributed by atoms with Gasteiger partial charge in [0.05, 0.1) is 16.2 Å². The minimum atomic E-state index is -0.404. The second-order valence-electron chi connectivity index (χ2n) is 4.59. The van der Waals surface area contributed by atoms with E-state index in [2.05, 4.69) is 10.2 Å². The number of nitrogens with zero attached hydrogens (tertiary/aromatic N) is 2. The van der Waals surface area contributed by atoms with E-state index in [-0.39, 0.29) is 5.69 Å². The molecule has 6 nitrogen and oxygen atoms in total. The Labute approximate surface area is 124 Å². The molecule has 3 aromatic rings. The van der Waals surface area contributed by atoms with Gasteiger partial charge in [0.25, 0.3) is 5.69 Å². The van der Waals surface area contributed by atoms with E-state index >= 15 is 0 Å². The number of nitro benzene ring substituents is 1. The standard InChI is InChI=1S/C14H12N4O2S/c1-8-7-9(18(19)20)4-5-10(8)13-12(14(15)17-16-13)11-3-2-6-21-11/h2-7H,1H3,(H3,15,16,17). The van der Waals surface area contributed by atoms with Crippen molar-refractivity contribution in [2.24, 2.45) is 0 Å².